The Balaban J connectivity index is 3.37. The lowest BCUT2D eigenvalue weighted by atomic mass is 10.1. The SMILES string of the molecule is COC(=O)c1c(N)ccc(C)c1OC. The maximum absolute atomic E-state index is 11.4. The van der Waals surface area contributed by atoms with E-state index >= 15 is 0 Å². The van der Waals surface area contributed by atoms with Gasteiger partial charge in [-0.1, -0.05) is 6.07 Å². The number of aryl methyl sites for hydroxylation is 1. The monoisotopic (exact) mass is 195 g/mol. The molecule has 1 aromatic rings. The third-order valence-electron chi connectivity index (χ3n) is 1.98. The third kappa shape index (κ3) is 1.64. The molecule has 1 aromatic carbocycles. The van der Waals surface area contributed by atoms with Gasteiger partial charge in [-0.05, 0) is 18.6 Å². The van der Waals surface area contributed by atoms with Gasteiger partial charge in [0.1, 0.15) is 11.3 Å². The molecular weight excluding hydrogens is 182 g/mol. The van der Waals surface area contributed by atoms with Crippen LogP contribution in [0, 0.1) is 6.92 Å². The van der Waals surface area contributed by atoms with E-state index < -0.39 is 5.97 Å². The summed E-state index contributed by atoms with van der Waals surface area (Å²) in [6, 6.07) is 3.45. The standard InChI is InChI=1S/C10H13NO3/c1-6-4-5-7(11)8(9(6)13-2)10(12)14-3/h4-5H,11H2,1-3H3. The van der Waals surface area contributed by atoms with Gasteiger partial charge in [0.2, 0.25) is 0 Å². The summed E-state index contributed by atoms with van der Waals surface area (Å²) < 4.78 is 9.71. The van der Waals surface area contributed by atoms with E-state index in [1.54, 1.807) is 12.1 Å². The highest BCUT2D eigenvalue weighted by Gasteiger charge is 2.17. The average molecular weight is 195 g/mol. The van der Waals surface area contributed by atoms with Crippen LogP contribution >= 0.6 is 0 Å². The molecule has 0 saturated heterocycles. The van der Waals surface area contributed by atoms with Gasteiger partial charge in [-0.3, -0.25) is 0 Å². The Bertz CT molecular complexity index is 361. The molecule has 4 heteroatoms. The summed E-state index contributed by atoms with van der Waals surface area (Å²) in [6.45, 7) is 1.84. The zero-order valence-electron chi connectivity index (χ0n) is 8.46. The van der Waals surface area contributed by atoms with E-state index in [1.165, 1.54) is 14.2 Å². The van der Waals surface area contributed by atoms with E-state index in [1.807, 2.05) is 6.92 Å². The fourth-order valence-electron chi connectivity index (χ4n) is 1.28. The van der Waals surface area contributed by atoms with E-state index in [0.29, 0.717) is 11.4 Å². The summed E-state index contributed by atoms with van der Waals surface area (Å²) in [4.78, 5) is 11.4. The van der Waals surface area contributed by atoms with Gasteiger partial charge in [0, 0.05) is 5.69 Å². The Labute approximate surface area is 82.6 Å². The minimum absolute atomic E-state index is 0.287. The van der Waals surface area contributed by atoms with Gasteiger partial charge in [0.05, 0.1) is 14.2 Å². The van der Waals surface area contributed by atoms with Crippen molar-refractivity contribution in [2.45, 2.75) is 6.92 Å². The highest BCUT2D eigenvalue weighted by atomic mass is 16.5. The zero-order valence-corrected chi connectivity index (χ0v) is 8.46. The number of nitrogen functional groups attached to an aromatic ring is 1. The van der Waals surface area contributed by atoms with E-state index in [2.05, 4.69) is 4.74 Å². The first kappa shape index (κ1) is 10.4. The van der Waals surface area contributed by atoms with Crippen molar-refractivity contribution in [3.8, 4) is 5.75 Å². The molecule has 0 aromatic heterocycles. The second kappa shape index (κ2) is 4.00. The second-order valence-corrected chi connectivity index (χ2v) is 2.87. The number of carbonyl (C=O) groups excluding carboxylic acids is 1. The maximum atomic E-state index is 11.4. The summed E-state index contributed by atoms with van der Waals surface area (Å²) >= 11 is 0. The van der Waals surface area contributed by atoms with Crippen molar-refractivity contribution in [2.75, 3.05) is 20.0 Å². The van der Waals surface area contributed by atoms with Crippen LogP contribution in [0.4, 0.5) is 5.69 Å². The minimum Gasteiger partial charge on any atom is -0.495 e. The Hall–Kier alpha value is -1.71. The molecule has 0 radical (unpaired) electrons. The first-order chi connectivity index (χ1) is 6.61. The fraction of sp³-hybridized carbons (Fsp3) is 0.300. The lowest BCUT2D eigenvalue weighted by molar-refractivity contribution is 0.0598. The summed E-state index contributed by atoms with van der Waals surface area (Å²) in [6.07, 6.45) is 0. The zero-order chi connectivity index (χ0) is 10.7. The summed E-state index contributed by atoms with van der Waals surface area (Å²) in [5, 5.41) is 0. The van der Waals surface area contributed by atoms with Crippen molar-refractivity contribution in [3.05, 3.63) is 23.3 Å². The van der Waals surface area contributed by atoms with E-state index in [9.17, 15) is 4.79 Å². The van der Waals surface area contributed by atoms with E-state index in [0.717, 1.165) is 5.56 Å². The van der Waals surface area contributed by atoms with Crippen LogP contribution in [0.25, 0.3) is 0 Å². The summed E-state index contributed by atoms with van der Waals surface area (Å²) in [7, 11) is 2.80. The number of hydrogen-bond donors (Lipinski definition) is 1. The Morgan fingerprint density at radius 2 is 2.00 bits per heavy atom. The number of hydrogen-bond acceptors (Lipinski definition) is 4. The topological polar surface area (TPSA) is 61.5 Å². The quantitative estimate of drug-likeness (QED) is 0.572. The van der Waals surface area contributed by atoms with Crippen molar-refractivity contribution in [1.82, 2.24) is 0 Å². The average Bonchev–Trinajstić information content (AvgIpc) is 2.19. The largest absolute Gasteiger partial charge is 0.495 e. The van der Waals surface area contributed by atoms with Gasteiger partial charge in [-0.2, -0.15) is 0 Å². The predicted octanol–water partition coefficient (Wildman–Crippen LogP) is 1.37. The molecular formula is C10H13NO3. The number of carbonyl (C=O) groups is 1. The number of nitrogens with two attached hydrogens (primary N) is 1. The molecule has 0 atom stereocenters. The summed E-state index contributed by atoms with van der Waals surface area (Å²) in [5.41, 5.74) is 7.16. The first-order valence-corrected chi connectivity index (χ1v) is 4.13. The highest BCUT2D eigenvalue weighted by Crippen LogP contribution is 2.28. The molecule has 0 aliphatic heterocycles. The molecule has 0 bridgehead atoms. The Kier molecular flexibility index (Phi) is 2.96. The Morgan fingerprint density at radius 1 is 1.36 bits per heavy atom. The highest BCUT2D eigenvalue weighted by molar-refractivity contribution is 5.98. The molecule has 4 nitrogen and oxygen atoms in total. The minimum atomic E-state index is -0.483. The molecule has 0 unspecified atom stereocenters. The number of anilines is 1. The Morgan fingerprint density at radius 3 is 2.50 bits per heavy atom. The van der Waals surface area contributed by atoms with Crippen molar-refractivity contribution in [2.24, 2.45) is 0 Å². The van der Waals surface area contributed by atoms with Gasteiger partial charge < -0.3 is 15.2 Å². The van der Waals surface area contributed by atoms with Gasteiger partial charge in [-0.25, -0.2) is 4.79 Å². The molecule has 0 fully saturated rings. The van der Waals surface area contributed by atoms with Gasteiger partial charge in [0.15, 0.2) is 0 Å². The van der Waals surface area contributed by atoms with Crippen LogP contribution in [-0.2, 0) is 4.74 Å². The number of methoxy groups -OCH3 is 2. The molecule has 76 valence electrons. The number of rotatable bonds is 2. The van der Waals surface area contributed by atoms with Crippen molar-refractivity contribution in [3.63, 3.8) is 0 Å². The van der Waals surface area contributed by atoms with Crippen LogP contribution in [0.5, 0.6) is 5.75 Å². The molecule has 0 aliphatic carbocycles. The normalized spacial score (nSPS) is 9.64. The van der Waals surface area contributed by atoms with Crippen molar-refractivity contribution >= 4 is 11.7 Å². The van der Waals surface area contributed by atoms with Gasteiger partial charge >= 0.3 is 5.97 Å². The van der Waals surface area contributed by atoms with E-state index in [4.69, 9.17) is 10.5 Å². The molecule has 0 saturated carbocycles. The predicted molar refractivity (Wildman–Crippen MR) is 53.5 cm³/mol. The molecule has 0 spiro atoms. The van der Waals surface area contributed by atoms with Crippen molar-refractivity contribution < 1.29 is 14.3 Å². The van der Waals surface area contributed by atoms with Crippen LogP contribution in [0.15, 0.2) is 12.1 Å². The van der Waals surface area contributed by atoms with Crippen molar-refractivity contribution in [1.29, 1.82) is 0 Å². The molecule has 14 heavy (non-hydrogen) atoms. The smallest absolute Gasteiger partial charge is 0.343 e. The maximum Gasteiger partial charge on any atom is 0.343 e. The molecule has 0 amide bonds. The molecule has 2 N–H and O–H groups in total. The van der Waals surface area contributed by atoms with Gasteiger partial charge in [0.25, 0.3) is 0 Å². The number of esters is 1. The van der Waals surface area contributed by atoms with Gasteiger partial charge in [-0.15, -0.1) is 0 Å². The fourth-order valence-corrected chi connectivity index (χ4v) is 1.28. The lowest BCUT2D eigenvalue weighted by Gasteiger charge is -2.11. The molecule has 0 aliphatic rings. The number of benzene rings is 1. The second-order valence-electron chi connectivity index (χ2n) is 2.87. The molecule has 0 heterocycles. The van der Waals surface area contributed by atoms with Crippen LogP contribution in [-0.4, -0.2) is 20.2 Å². The van der Waals surface area contributed by atoms with Crippen LogP contribution in [0.1, 0.15) is 15.9 Å². The van der Waals surface area contributed by atoms with Crippen LogP contribution in [0.2, 0.25) is 0 Å². The van der Waals surface area contributed by atoms with Crippen LogP contribution < -0.4 is 10.5 Å². The first-order valence-electron chi connectivity index (χ1n) is 4.13. The lowest BCUT2D eigenvalue weighted by Crippen LogP contribution is -2.08. The van der Waals surface area contributed by atoms with Crippen LogP contribution in [0.3, 0.4) is 0 Å². The number of ether oxygens (including phenoxy) is 2. The third-order valence-corrected chi connectivity index (χ3v) is 1.98. The van der Waals surface area contributed by atoms with E-state index in [-0.39, 0.29) is 5.56 Å². The summed E-state index contributed by atoms with van der Waals surface area (Å²) in [5.74, 6) is -0.0140. The molecule has 1 rings (SSSR count).